The Kier molecular flexibility index (Phi) is 3.18. The monoisotopic (exact) mass is 179 g/mol. The Hall–Kier alpha value is -1.18. The number of nitrogens with one attached hydrogen (secondary N) is 1. The molecule has 1 atom stereocenters. The number of hydrogen-bond acceptors (Lipinski definition) is 2. The molecule has 1 heterocycles. The molecule has 1 aliphatic heterocycles. The van der Waals surface area contributed by atoms with Gasteiger partial charge < -0.3 is 10.4 Å². The van der Waals surface area contributed by atoms with Crippen molar-refractivity contribution in [2.24, 2.45) is 0 Å². The number of phenolic OH excluding ortho intramolecular Hbond substituents is 1. The average molecular weight is 179 g/mol. The van der Waals surface area contributed by atoms with E-state index in [-0.39, 0.29) is 0 Å². The van der Waals surface area contributed by atoms with Crippen LogP contribution in [-0.2, 0) is 0 Å². The predicted molar refractivity (Wildman–Crippen MR) is 56.4 cm³/mol. The second-order valence-electron chi connectivity index (χ2n) is 3.05. The van der Waals surface area contributed by atoms with Crippen molar-refractivity contribution in [3.8, 4) is 5.75 Å². The molecule has 2 rings (SSSR count). The Morgan fingerprint density at radius 2 is 2.08 bits per heavy atom. The third-order valence-corrected chi connectivity index (χ3v) is 2.16. The van der Waals surface area contributed by atoms with E-state index in [1.54, 1.807) is 6.07 Å². The van der Waals surface area contributed by atoms with Crippen LogP contribution in [0.25, 0.3) is 0 Å². The summed E-state index contributed by atoms with van der Waals surface area (Å²) in [4.78, 5) is 0. The van der Waals surface area contributed by atoms with Crippen LogP contribution in [0.1, 0.15) is 32.3 Å². The molecule has 13 heavy (non-hydrogen) atoms. The van der Waals surface area contributed by atoms with E-state index in [0.717, 1.165) is 12.2 Å². The predicted octanol–water partition coefficient (Wildman–Crippen LogP) is 2.95. The van der Waals surface area contributed by atoms with Crippen molar-refractivity contribution in [3.63, 3.8) is 0 Å². The van der Waals surface area contributed by atoms with Gasteiger partial charge >= 0.3 is 0 Å². The number of fused-ring (bicyclic) bond motifs is 1. The van der Waals surface area contributed by atoms with Gasteiger partial charge in [0.2, 0.25) is 0 Å². The van der Waals surface area contributed by atoms with E-state index in [1.807, 2.05) is 26.0 Å². The van der Waals surface area contributed by atoms with Crippen LogP contribution in [0.2, 0.25) is 0 Å². The lowest BCUT2D eigenvalue weighted by atomic mass is 10.0. The first-order valence-corrected chi connectivity index (χ1v) is 4.84. The molecule has 2 heteroatoms. The first-order valence-electron chi connectivity index (χ1n) is 4.84. The second kappa shape index (κ2) is 4.17. The van der Waals surface area contributed by atoms with E-state index >= 15 is 0 Å². The molecule has 72 valence electrons. The maximum atomic E-state index is 9.19. The zero-order valence-electron chi connectivity index (χ0n) is 8.46. The lowest BCUT2D eigenvalue weighted by Crippen LogP contribution is -1.95. The van der Waals surface area contributed by atoms with Gasteiger partial charge in [0.05, 0.1) is 0 Å². The Labute approximate surface area is 79.6 Å². The van der Waals surface area contributed by atoms with Crippen molar-refractivity contribution in [2.75, 3.05) is 11.9 Å². The molecule has 0 spiro atoms. The van der Waals surface area contributed by atoms with Gasteiger partial charge in [0, 0.05) is 18.2 Å². The molecule has 1 aliphatic rings. The summed E-state index contributed by atoms with van der Waals surface area (Å²) in [7, 11) is 0. The molecule has 1 unspecified atom stereocenters. The van der Waals surface area contributed by atoms with Gasteiger partial charge in [-0.3, -0.25) is 0 Å². The molecule has 0 aromatic heterocycles. The summed E-state index contributed by atoms with van der Waals surface area (Å²) in [6, 6.07) is 5.47. The lowest BCUT2D eigenvalue weighted by molar-refractivity contribution is 0.474. The summed E-state index contributed by atoms with van der Waals surface area (Å²) in [6.07, 6.45) is 0. The van der Waals surface area contributed by atoms with Crippen LogP contribution >= 0.6 is 0 Å². The molecule has 0 amide bonds. The zero-order valence-corrected chi connectivity index (χ0v) is 8.46. The number of anilines is 1. The number of hydrogen-bond donors (Lipinski definition) is 2. The standard InChI is InChI=1S/C9H11NO.C2H6/c1-6-5-10-9-3-2-7(11)4-8(6)9;1-2/h2-4,6,10-11H,5H2,1H3;1-2H3. The fraction of sp³-hybridized carbons (Fsp3) is 0.455. The van der Waals surface area contributed by atoms with Crippen LogP contribution in [0, 0.1) is 0 Å². The van der Waals surface area contributed by atoms with Gasteiger partial charge in [-0.15, -0.1) is 0 Å². The first-order chi connectivity index (χ1) is 6.27. The molecular formula is C11H17NO. The number of rotatable bonds is 0. The normalized spacial score (nSPS) is 18.2. The summed E-state index contributed by atoms with van der Waals surface area (Å²) < 4.78 is 0. The van der Waals surface area contributed by atoms with Crippen LogP contribution in [-0.4, -0.2) is 11.7 Å². The molecule has 0 radical (unpaired) electrons. The van der Waals surface area contributed by atoms with E-state index in [2.05, 4.69) is 12.2 Å². The molecule has 0 aliphatic carbocycles. The molecule has 1 aromatic carbocycles. The van der Waals surface area contributed by atoms with Gasteiger partial charge in [0.25, 0.3) is 0 Å². The van der Waals surface area contributed by atoms with Crippen molar-refractivity contribution in [1.29, 1.82) is 0 Å². The largest absolute Gasteiger partial charge is 0.508 e. The van der Waals surface area contributed by atoms with E-state index in [9.17, 15) is 5.11 Å². The highest BCUT2D eigenvalue weighted by Crippen LogP contribution is 2.33. The Morgan fingerprint density at radius 3 is 2.77 bits per heavy atom. The summed E-state index contributed by atoms with van der Waals surface area (Å²) in [6.45, 7) is 7.14. The molecule has 2 nitrogen and oxygen atoms in total. The topological polar surface area (TPSA) is 32.3 Å². The van der Waals surface area contributed by atoms with Gasteiger partial charge in [0.1, 0.15) is 5.75 Å². The van der Waals surface area contributed by atoms with E-state index < -0.39 is 0 Å². The average Bonchev–Trinajstić information content (AvgIpc) is 2.52. The molecule has 0 saturated carbocycles. The van der Waals surface area contributed by atoms with Crippen LogP contribution in [0.15, 0.2) is 18.2 Å². The minimum Gasteiger partial charge on any atom is -0.508 e. The summed E-state index contributed by atoms with van der Waals surface area (Å²) in [5.41, 5.74) is 2.39. The van der Waals surface area contributed by atoms with E-state index in [0.29, 0.717) is 11.7 Å². The number of phenols is 1. The molecule has 1 aromatic rings. The molecule has 0 bridgehead atoms. The van der Waals surface area contributed by atoms with Crippen LogP contribution in [0.4, 0.5) is 5.69 Å². The Bertz CT molecular complexity index is 283. The SMILES string of the molecule is CC.CC1CNc2ccc(O)cc21. The summed E-state index contributed by atoms with van der Waals surface area (Å²) in [5, 5.41) is 12.5. The van der Waals surface area contributed by atoms with Crippen LogP contribution in [0.3, 0.4) is 0 Å². The van der Waals surface area contributed by atoms with E-state index in [4.69, 9.17) is 0 Å². The lowest BCUT2D eigenvalue weighted by Gasteiger charge is -2.01. The van der Waals surface area contributed by atoms with Gasteiger partial charge in [-0.05, 0) is 23.8 Å². The first kappa shape index (κ1) is 9.90. The molecular weight excluding hydrogens is 162 g/mol. The van der Waals surface area contributed by atoms with Gasteiger partial charge in [0.15, 0.2) is 0 Å². The quantitative estimate of drug-likeness (QED) is 0.600. The van der Waals surface area contributed by atoms with Gasteiger partial charge in [-0.1, -0.05) is 20.8 Å². The van der Waals surface area contributed by atoms with Crippen LogP contribution in [0.5, 0.6) is 5.75 Å². The van der Waals surface area contributed by atoms with Crippen molar-refractivity contribution < 1.29 is 5.11 Å². The van der Waals surface area contributed by atoms with Crippen molar-refractivity contribution in [2.45, 2.75) is 26.7 Å². The fourth-order valence-electron chi connectivity index (χ4n) is 1.49. The molecule has 2 N–H and O–H groups in total. The smallest absolute Gasteiger partial charge is 0.116 e. The van der Waals surface area contributed by atoms with E-state index in [1.165, 1.54) is 5.56 Å². The van der Waals surface area contributed by atoms with Crippen molar-refractivity contribution >= 4 is 5.69 Å². The number of aromatic hydroxyl groups is 1. The van der Waals surface area contributed by atoms with Crippen LogP contribution < -0.4 is 5.32 Å². The molecule has 0 fully saturated rings. The minimum atomic E-state index is 0.360. The fourth-order valence-corrected chi connectivity index (χ4v) is 1.49. The minimum absolute atomic E-state index is 0.360. The Morgan fingerprint density at radius 1 is 1.38 bits per heavy atom. The second-order valence-corrected chi connectivity index (χ2v) is 3.05. The zero-order chi connectivity index (χ0) is 9.84. The van der Waals surface area contributed by atoms with Gasteiger partial charge in [-0.2, -0.15) is 0 Å². The molecule has 0 saturated heterocycles. The third-order valence-electron chi connectivity index (χ3n) is 2.16. The third kappa shape index (κ3) is 1.94. The maximum absolute atomic E-state index is 9.19. The maximum Gasteiger partial charge on any atom is 0.116 e. The number of benzene rings is 1. The summed E-state index contributed by atoms with van der Waals surface area (Å²) in [5.74, 6) is 0.886. The van der Waals surface area contributed by atoms with Crippen molar-refractivity contribution in [1.82, 2.24) is 0 Å². The van der Waals surface area contributed by atoms with Gasteiger partial charge in [-0.25, -0.2) is 0 Å². The highest BCUT2D eigenvalue weighted by atomic mass is 16.3. The highest BCUT2D eigenvalue weighted by Gasteiger charge is 2.17. The Balaban J connectivity index is 0.000000396. The summed E-state index contributed by atoms with van der Waals surface area (Å²) >= 11 is 0. The highest BCUT2D eigenvalue weighted by molar-refractivity contribution is 5.59. The van der Waals surface area contributed by atoms with Crippen molar-refractivity contribution in [3.05, 3.63) is 23.8 Å².